The predicted octanol–water partition coefficient (Wildman–Crippen LogP) is 4.85. The third-order valence-corrected chi connectivity index (χ3v) is 4.44. The summed E-state index contributed by atoms with van der Waals surface area (Å²) in [7, 11) is 0. The second-order valence-electron chi connectivity index (χ2n) is 5.59. The van der Waals surface area contributed by atoms with Gasteiger partial charge >= 0.3 is 0 Å². The molecular weight excluding hydrogens is 254 g/mol. The lowest BCUT2D eigenvalue weighted by Gasteiger charge is -2.18. The van der Waals surface area contributed by atoms with Gasteiger partial charge in [0.05, 0.1) is 5.69 Å². The fraction of sp³-hybridized carbons (Fsp3) is 0.733. The fourth-order valence-corrected chi connectivity index (χ4v) is 3.21. The van der Waals surface area contributed by atoms with Crippen molar-refractivity contribution in [1.29, 1.82) is 0 Å². The lowest BCUT2D eigenvalue weighted by atomic mass is 9.89. The Bertz CT molecular complexity index is 411. The number of rotatable bonds is 6. The Hall–Kier alpha value is -0.900. The van der Waals surface area contributed by atoms with E-state index in [0.717, 1.165) is 30.3 Å². The average molecular weight is 279 g/mol. The predicted molar refractivity (Wildman–Crippen MR) is 84.0 cm³/mol. The third-order valence-electron chi connectivity index (χ3n) is 3.64. The second-order valence-corrected chi connectivity index (χ2v) is 6.45. The lowest BCUT2D eigenvalue weighted by molar-refractivity contribution is 0.500. The molecule has 0 bridgehead atoms. The molecule has 1 N–H and O–H groups in total. The molecule has 0 radical (unpaired) electrons. The Morgan fingerprint density at radius 1 is 1.47 bits per heavy atom. The highest BCUT2D eigenvalue weighted by Crippen LogP contribution is 2.22. The summed E-state index contributed by atoms with van der Waals surface area (Å²) in [6.45, 7) is 4.54. The number of anilines is 1. The van der Waals surface area contributed by atoms with Gasteiger partial charge in [-0.3, -0.25) is 5.43 Å². The molecule has 1 aliphatic carbocycles. The van der Waals surface area contributed by atoms with Crippen LogP contribution in [-0.4, -0.2) is 10.7 Å². The van der Waals surface area contributed by atoms with Crippen molar-refractivity contribution < 1.29 is 0 Å². The minimum Gasteiger partial charge on any atom is -0.253 e. The molecule has 4 heteroatoms. The van der Waals surface area contributed by atoms with E-state index in [9.17, 15) is 0 Å². The quantitative estimate of drug-likeness (QED) is 0.597. The van der Waals surface area contributed by atoms with Crippen molar-refractivity contribution >= 4 is 22.2 Å². The van der Waals surface area contributed by atoms with E-state index in [4.69, 9.17) is 0 Å². The van der Waals surface area contributed by atoms with E-state index in [1.54, 1.807) is 11.3 Å². The summed E-state index contributed by atoms with van der Waals surface area (Å²) in [6.07, 6.45) is 9.81. The summed E-state index contributed by atoms with van der Waals surface area (Å²) in [4.78, 5) is 4.59. The van der Waals surface area contributed by atoms with Crippen LogP contribution < -0.4 is 5.43 Å². The van der Waals surface area contributed by atoms with E-state index in [1.165, 1.54) is 43.5 Å². The van der Waals surface area contributed by atoms with Crippen LogP contribution in [0.15, 0.2) is 10.5 Å². The van der Waals surface area contributed by atoms with Crippen molar-refractivity contribution in [3.63, 3.8) is 0 Å². The summed E-state index contributed by atoms with van der Waals surface area (Å²) in [6, 6.07) is 0. The van der Waals surface area contributed by atoms with Crippen LogP contribution in [-0.2, 0) is 6.42 Å². The Kier molecular flexibility index (Phi) is 5.83. The molecule has 1 heterocycles. The van der Waals surface area contributed by atoms with E-state index in [1.807, 2.05) is 0 Å². The minimum absolute atomic E-state index is 0.787. The maximum Gasteiger partial charge on any atom is 0.203 e. The first-order valence-electron chi connectivity index (χ1n) is 7.53. The van der Waals surface area contributed by atoms with Crippen molar-refractivity contribution in [2.75, 3.05) is 5.43 Å². The van der Waals surface area contributed by atoms with Gasteiger partial charge in [0.1, 0.15) is 0 Å². The smallest absolute Gasteiger partial charge is 0.203 e. The Balaban J connectivity index is 1.80. The lowest BCUT2D eigenvalue weighted by Crippen LogP contribution is -2.13. The number of hydrazone groups is 1. The van der Waals surface area contributed by atoms with Crippen molar-refractivity contribution in [1.82, 2.24) is 4.98 Å². The third kappa shape index (κ3) is 4.94. The molecule has 1 atom stereocenters. The van der Waals surface area contributed by atoms with Gasteiger partial charge in [-0.25, -0.2) is 4.98 Å². The maximum atomic E-state index is 4.59. The molecular formula is C15H25N3S. The number of nitrogens with one attached hydrogen (secondary N) is 1. The topological polar surface area (TPSA) is 37.3 Å². The zero-order valence-corrected chi connectivity index (χ0v) is 12.9. The molecule has 0 saturated heterocycles. The first-order chi connectivity index (χ1) is 9.28. The van der Waals surface area contributed by atoms with Gasteiger partial charge in [-0.1, -0.05) is 26.7 Å². The van der Waals surface area contributed by atoms with E-state index < -0.39 is 0 Å². The molecule has 0 amide bonds. The fourth-order valence-electron chi connectivity index (χ4n) is 2.52. The number of aromatic nitrogens is 1. The van der Waals surface area contributed by atoms with Crippen molar-refractivity contribution in [3.8, 4) is 0 Å². The number of hydrogen-bond acceptors (Lipinski definition) is 4. The van der Waals surface area contributed by atoms with Crippen LogP contribution in [0.25, 0.3) is 0 Å². The molecule has 2 rings (SSSR count). The van der Waals surface area contributed by atoms with E-state index in [-0.39, 0.29) is 0 Å². The molecule has 1 aromatic heterocycles. The van der Waals surface area contributed by atoms with Crippen LogP contribution in [0, 0.1) is 5.92 Å². The second kappa shape index (κ2) is 7.63. The molecule has 106 valence electrons. The van der Waals surface area contributed by atoms with Gasteiger partial charge in [-0.2, -0.15) is 5.10 Å². The monoisotopic (exact) mass is 279 g/mol. The molecule has 1 saturated carbocycles. The largest absolute Gasteiger partial charge is 0.253 e. The molecule has 1 aromatic rings. The van der Waals surface area contributed by atoms with Crippen LogP contribution in [0.4, 0.5) is 5.13 Å². The number of hydrogen-bond donors (Lipinski definition) is 1. The van der Waals surface area contributed by atoms with E-state index in [0.29, 0.717) is 0 Å². The maximum absolute atomic E-state index is 4.59. The highest BCUT2D eigenvalue weighted by Gasteiger charge is 2.13. The van der Waals surface area contributed by atoms with Crippen LogP contribution in [0.1, 0.15) is 64.5 Å². The first kappa shape index (κ1) is 14.5. The van der Waals surface area contributed by atoms with Gasteiger partial charge in [0.15, 0.2) is 0 Å². The summed E-state index contributed by atoms with van der Waals surface area (Å²) >= 11 is 1.67. The Morgan fingerprint density at radius 2 is 2.37 bits per heavy atom. The van der Waals surface area contributed by atoms with Gasteiger partial charge in [0.2, 0.25) is 5.13 Å². The summed E-state index contributed by atoms with van der Waals surface area (Å²) in [5.41, 5.74) is 5.65. The molecule has 1 fully saturated rings. The standard InChI is InChI=1S/C15H25N3S/c1-3-4-5-8-14-11-19-15(16-14)18-17-13-9-6-7-12(2)10-13/h11-12H,3-10H2,1-2H3,(H,16,18)/b17-13+. The van der Waals surface area contributed by atoms with Crippen LogP contribution >= 0.6 is 11.3 Å². The minimum atomic E-state index is 0.787. The van der Waals surface area contributed by atoms with Crippen molar-refractivity contribution in [2.24, 2.45) is 11.0 Å². The first-order valence-corrected chi connectivity index (χ1v) is 8.41. The van der Waals surface area contributed by atoms with Crippen molar-refractivity contribution in [2.45, 2.75) is 65.2 Å². The Labute approximate surface area is 120 Å². The number of aryl methyl sites for hydroxylation is 1. The zero-order chi connectivity index (χ0) is 13.5. The Morgan fingerprint density at radius 3 is 3.16 bits per heavy atom. The zero-order valence-electron chi connectivity index (χ0n) is 12.1. The molecule has 19 heavy (non-hydrogen) atoms. The van der Waals surface area contributed by atoms with Gasteiger partial charge < -0.3 is 0 Å². The van der Waals surface area contributed by atoms with Gasteiger partial charge in [-0.05, 0) is 44.4 Å². The van der Waals surface area contributed by atoms with Crippen LogP contribution in [0.5, 0.6) is 0 Å². The van der Waals surface area contributed by atoms with Gasteiger partial charge in [0.25, 0.3) is 0 Å². The molecule has 1 aliphatic rings. The summed E-state index contributed by atoms with van der Waals surface area (Å²) < 4.78 is 0. The van der Waals surface area contributed by atoms with Gasteiger partial charge in [-0.15, -0.1) is 11.3 Å². The highest BCUT2D eigenvalue weighted by atomic mass is 32.1. The van der Waals surface area contributed by atoms with E-state index in [2.05, 4.69) is 34.7 Å². The normalized spacial score (nSPS) is 21.8. The molecule has 0 aromatic carbocycles. The van der Waals surface area contributed by atoms with Crippen LogP contribution in [0.3, 0.4) is 0 Å². The molecule has 1 unspecified atom stereocenters. The molecule has 3 nitrogen and oxygen atoms in total. The summed E-state index contributed by atoms with van der Waals surface area (Å²) in [5.74, 6) is 0.787. The van der Waals surface area contributed by atoms with E-state index >= 15 is 0 Å². The highest BCUT2D eigenvalue weighted by molar-refractivity contribution is 7.13. The average Bonchev–Trinajstić information content (AvgIpc) is 2.85. The summed E-state index contributed by atoms with van der Waals surface area (Å²) in [5, 5.41) is 7.62. The molecule has 0 spiro atoms. The number of thiazole rings is 1. The van der Waals surface area contributed by atoms with Crippen molar-refractivity contribution in [3.05, 3.63) is 11.1 Å². The number of nitrogens with zero attached hydrogens (tertiary/aromatic N) is 2. The SMILES string of the molecule is CCCCCc1csc(N/N=C2\CCCC(C)C2)n1. The number of unbranched alkanes of at least 4 members (excludes halogenated alkanes) is 2. The van der Waals surface area contributed by atoms with Gasteiger partial charge in [0, 0.05) is 11.1 Å². The molecule has 0 aliphatic heterocycles. The van der Waals surface area contributed by atoms with Crippen LogP contribution in [0.2, 0.25) is 0 Å².